The minimum absolute atomic E-state index is 0.147. The van der Waals surface area contributed by atoms with Crippen LogP contribution in [0.5, 0.6) is 0 Å². The van der Waals surface area contributed by atoms with Crippen molar-refractivity contribution in [3.05, 3.63) is 29.8 Å². The van der Waals surface area contributed by atoms with Crippen LogP contribution in [0.3, 0.4) is 0 Å². The van der Waals surface area contributed by atoms with E-state index in [9.17, 15) is 8.42 Å². The van der Waals surface area contributed by atoms with Crippen molar-refractivity contribution in [1.82, 2.24) is 4.31 Å². The molecular formula is C15H22N2O2S. The van der Waals surface area contributed by atoms with Crippen LogP contribution in [0, 0.1) is 0 Å². The molecule has 0 bridgehead atoms. The van der Waals surface area contributed by atoms with Crippen LogP contribution in [-0.2, 0) is 15.4 Å². The summed E-state index contributed by atoms with van der Waals surface area (Å²) in [6.45, 7) is 5.51. The van der Waals surface area contributed by atoms with E-state index >= 15 is 0 Å². The number of benzene rings is 1. The predicted molar refractivity (Wildman–Crippen MR) is 81.7 cm³/mol. The lowest BCUT2D eigenvalue weighted by atomic mass is 9.75. The van der Waals surface area contributed by atoms with Crippen LogP contribution in [0.1, 0.15) is 25.3 Å². The quantitative estimate of drug-likeness (QED) is 0.835. The van der Waals surface area contributed by atoms with Crippen LogP contribution < -0.4 is 4.90 Å². The molecule has 0 aromatic heterocycles. The van der Waals surface area contributed by atoms with Crippen LogP contribution >= 0.6 is 0 Å². The summed E-state index contributed by atoms with van der Waals surface area (Å²) in [5.41, 5.74) is 2.89. The Labute approximate surface area is 121 Å². The van der Waals surface area contributed by atoms with Gasteiger partial charge in [0.15, 0.2) is 0 Å². The van der Waals surface area contributed by atoms with Gasteiger partial charge in [0.2, 0.25) is 10.0 Å². The van der Waals surface area contributed by atoms with Crippen molar-refractivity contribution >= 4 is 15.7 Å². The van der Waals surface area contributed by atoms with Gasteiger partial charge in [0.05, 0.1) is 6.26 Å². The number of nitrogens with zero attached hydrogens (tertiary/aromatic N) is 2. The van der Waals surface area contributed by atoms with Crippen molar-refractivity contribution in [2.24, 2.45) is 0 Å². The first kappa shape index (κ1) is 13.9. The molecule has 3 rings (SSSR count). The molecule has 0 saturated carbocycles. The first-order valence-electron chi connectivity index (χ1n) is 7.26. The highest BCUT2D eigenvalue weighted by Crippen LogP contribution is 2.46. The highest BCUT2D eigenvalue weighted by Gasteiger charge is 2.45. The van der Waals surface area contributed by atoms with Gasteiger partial charge in [-0.05, 0) is 31.4 Å². The average molecular weight is 294 g/mol. The number of piperidine rings is 1. The summed E-state index contributed by atoms with van der Waals surface area (Å²) in [4.78, 5) is 2.42. The second kappa shape index (κ2) is 4.74. The number of fused-ring (bicyclic) bond motifs is 2. The van der Waals surface area contributed by atoms with Gasteiger partial charge in [0.25, 0.3) is 0 Å². The molecule has 2 aliphatic heterocycles. The van der Waals surface area contributed by atoms with E-state index in [-0.39, 0.29) is 5.41 Å². The lowest BCUT2D eigenvalue weighted by Gasteiger charge is -2.38. The van der Waals surface area contributed by atoms with Crippen molar-refractivity contribution < 1.29 is 8.42 Å². The smallest absolute Gasteiger partial charge is 0.211 e. The predicted octanol–water partition coefficient (Wildman–Crippen LogP) is 1.82. The molecule has 0 radical (unpaired) electrons. The van der Waals surface area contributed by atoms with Gasteiger partial charge in [-0.3, -0.25) is 0 Å². The van der Waals surface area contributed by atoms with Crippen LogP contribution in [0.4, 0.5) is 5.69 Å². The molecule has 5 heteroatoms. The van der Waals surface area contributed by atoms with Gasteiger partial charge in [-0.1, -0.05) is 18.2 Å². The molecule has 0 atom stereocenters. The molecule has 0 amide bonds. The number of likely N-dealkylation sites (N-methyl/N-ethyl adjacent to an activating group) is 1. The molecule has 0 unspecified atom stereocenters. The molecule has 110 valence electrons. The Hall–Kier alpha value is -1.07. The molecule has 0 N–H and O–H groups in total. The second-order valence-corrected chi connectivity index (χ2v) is 7.96. The minimum atomic E-state index is -3.05. The monoisotopic (exact) mass is 294 g/mol. The summed E-state index contributed by atoms with van der Waals surface area (Å²) < 4.78 is 25.0. The third kappa shape index (κ3) is 2.13. The third-order valence-electron chi connectivity index (χ3n) is 4.84. The Morgan fingerprint density at radius 2 is 1.85 bits per heavy atom. The third-order valence-corrected chi connectivity index (χ3v) is 6.14. The van der Waals surface area contributed by atoms with Gasteiger partial charge < -0.3 is 4.90 Å². The second-order valence-electron chi connectivity index (χ2n) is 5.97. The van der Waals surface area contributed by atoms with Crippen LogP contribution in [0.15, 0.2) is 24.3 Å². The summed E-state index contributed by atoms with van der Waals surface area (Å²) in [5, 5.41) is 0. The molecule has 4 nitrogen and oxygen atoms in total. The molecular weight excluding hydrogens is 272 g/mol. The molecule has 0 aliphatic carbocycles. The fraction of sp³-hybridized carbons (Fsp3) is 0.600. The van der Waals surface area contributed by atoms with Crippen LogP contribution in [-0.4, -0.2) is 45.2 Å². The van der Waals surface area contributed by atoms with Gasteiger partial charge in [0.1, 0.15) is 0 Å². The Kier molecular flexibility index (Phi) is 3.29. The maximum atomic E-state index is 11.7. The Morgan fingerprint density at radius 3 is 2.45 bits per heavy atom. The summed E-state index contributed by atoms with van der Waals surface area (Å²) in [6.07, 6.45) is 3.16. The van der Waals surface area contributed by atoms with Gasteiger partial charge in [0, 0.05) is 37.3 Å². The van der Waals surface area contributed by atoms with E-state index in [2.05, 4.69) is 36.1 Å². The van der Waals surface area contributed by atoms with Crippen LogP contribution in [0.2, 0.25) is 0 Å². The van der Waals surface area contributed by atoms with Gasteiger partial charge in [-0.25, -0.2) is 12.7 Å². The molecule has 1 spiro atoms. The molecule has 1 aromatic rings. The average Bonchev–Trinajstić information content (AvgIpc) is 2.73. The van der Waals surface area contributed by atoms with E-state index in [0.29, 0.717) is 13.1 Å². The minimum Gasteiger partial charge on any atom is -0.371 e. The highest BCUT2D eigenvalue weighted by atomic mass is 32.2. The Balaban J connectivity index is 1.89. The highest BCUT2D eigenvalue weighted by molar-refractivity contribution is 7.88. The summed E-state index contributed by atoms with van der Waals surface area (Å²) in [7, 11) is -3.05. The number of hydrogen-bond donors (Lipinski definition) is 0. The first-order valence-corrected chi connectivity index (χ1v) is 9.11. The van der Waals surface area contributed by atoms with E-state index < -0.39 is 10.0 Å². The summed E-state index contributed by atoms with van der Waals surface area (Å²) in [5.74, 6) is 0. The number of para-hydroxylation sites is 1. The van der Waals surface area contributed by atoms with Crippen molar-refractivity contribution in [3.8, 4) is 0 Å². The topological polar surface area (TPSA) is 40.6 Å². The van der Waals surface area contributed by atoms with Crippen molar-refractivity contribution in [2.45, 2.75) is 25.2 Å². The van der Waals surface area contributed by atoms with E-state index in [0.717, 1.165) is 25.9 Å². The molecule has 2 heterocycles. The van der Waals surface area contributed by atoms with E-state index in [1.54, 1.807) is 4.31 Å². The number of sulfonamides is 1. The van der Waals surface area contributed by atoms with E-state index in [4.69, 9.17) is 0 Å². The van der Waals surface area contributed by atoms with Crippen molar-refractivity contribution in [3.63, 3.8) is 0 Å². The van der Waals surface area contributed by atoms with Gasteiger partial charge in [-0.15, -0.1) is 0 Å². The fourth-order valence-corrected chi connectivity index (χ4v) is 4.53. The molecule has 1 saturated heterocycles. The van der Waals surface area contributed by atoms with E-state index in [1.807, 2.05) is 0 Å². The molecule has 2 aliphatic rings. The SMILES string of the molecule is CCN1CC2(CCN(S(C)(=O)=O)CC2)c2ccccc21. The molecule has 20 heavy (non-hydrogen) atoms. The summed E-state index contributed by atoms with van der Waals surface area (Å²) >= 11 is 0. The Morgan fingerprint density at radius 1 is 1.20 bits per heavy atom. The van der Waals surface area contributed by atoms with Crippen molar-refractivity contribution in [1.29, 1.82) is 0 Å². The van der Waals surface area contributed by atoms with E-state index in [1.165, 1.54) is 17.5 Å². The maximum Gasteiger partial charge on any atom is 0.211 e. The zero-order chi connectivity index (χ0) is 14.4. The number of hydrogen-bond acceptors (Lipinski definition) is 3. The molecule has 1 fully saturated rings. The van der Waals surface area contributed by atoms with Gasteiger partial charge in [-0.2, -0.15) is 0 Å². The number of anilines is 1. The zero-order valence-electron chi connectivity index (χ0n) is 12.2. The number of rotatable bonds is 2. The van der Waals surface area contributed by atoms with Gasteiger partial charge >= 0.3 is 0 Å². The fourth-order valence-electron chi connectivity index (χ4n) is 3.69. The normalized spacial score (nSPS) is 22.2. The maximum absolute atomic E-state index is 11.7. The first-order chi connectivity index (χ1) is 9.46. The van der Waals surface area contributed by atoms with Crippen molar-refractivity contribution in [2.75, 3.05) is 37.3 Å². The lowest BCUT2D eigenvalue weighted by molar-refractivity contribution is 0.245. The molecule has 1 aromatic carbocycles. The Bertz CT molecular complexity index is 604. The summed E-state index contributed by atoms with van der Waals surface area (Å²) in [6, 6.07) is 8.60. The largest absolute Gasteiger partial charge is 0.371 e. The standard InChI is InChI=1S/C15H22N2O2S/c1-3-16-12-15(13-6-4-5-7-14(13)16)8-10-17(11-9-15)20(2,18)19/h4-7H,3,8-12H2,1-2H3. The zero-order valence-corrected chi connectivity index (χ0v) is 13.0. The lowest BCUT2D eigenvalue weighted by Crippen LogP contribution is -2.46. The van der Waals surface area contributed by atoms with Crippen LogP contribution in [0.25, 0.3) is 0 Å².